The van der Waals surface area contributed by atoms with Crippen molar-refractivity contribution in [1.29, 1.82) is 5.26 Å². The molecule has 0 spiro atoms. The van der Waals surface area contributed by atoms with Crippen molar-refractivity contribution in [1.82, 2.24) is 0 Å². The number of para-hydroxylation sites is 1. The number of carbonyl (C=O) groups is 1. The second-order valence-corrected chi connectivity index (χ2v) is 9.11. The third-order valence-corrected chi connectivity index (χ3v) is 6.27. The van der Waals surface area contributed by atoms with Crippen molar-refractivity contribution in [2.45, 2.75) is 17.9 Å². The van der Waals surface area contributed by atoms with E-state index in [9.17, 15) is 13.2 Å². The zero-order valence-electron chi connectivity index (χ0n) is 16.4. The van der Waals surface area contributed by atoms with E-state index in [0.29, 0.717) is 28.4 Å². The average molecular weight is 455 g/mol. The first-order chi connectivity index (χ1) is 14.9. The van der Waals surface area contributed by atoms with Gasteiger partial charge in [-0.2, -0.15) is 5.26 Å². The lowest BCUT2D eigenvalue weighted by Crippen LogP contribution is -2.23. The highest BCUT2D eigenvalue weighted by Crippen LogP contribution is 2.20. The number of amides is 1. The molecule has 0 atom stereocenters. The van der Waals surface area contributed by atoms with Gasteiger partial charge in [-0.1, -0.05) is 41.9 Å². The predicted octanol–water partition coefficient (Wildman–Crippen LogP) is 4.40. The molecule has 3 aromatic rings. The van der Waals surface area contributed by atoms with E-state index in [2.05, 4.69) is 11.4 Å². The van der Waals surface area contributed by atoms with Crippen LogP contribution in [0.25, 0.3) is 0 Å². The Morgan fingerprint density at radius 3 is 2.35 bits per heavy atom. The minimum Gasteiger partial charge on any atom is -0.489 e. The Bertz CT molecular complexity index is 1200. The molecule has 3 rings (SSSR count). The van der Waals surface area contributed by atoms with Crippen LogP contribution in [-0.2, 0) is 27.7 Å². The number of carbonyl (C=O) groups excluding carboxylic acids is 1. The molecule has 0 aliphatic carbocycles. The van der Waals surface area contributed by atoms with Gasteiger partial charge in [-0.05, 0) is 48.0 Å². The van der Waals surface area contributed by atoms with Gasteiger partial charge >= 0.3 is 0 Å². The number of ether oxygens (including phenoxy) is 1. The number of nitriles is 1. The van der Waals surface area contributed by atoms with Crippen LogP contribution in [0.4, 0.5) is 5.69 Å². The first-order valence-corrected chi connectivity index (χ1v) is 11.4. The van der Waals surface area contributed by atoms with Crippen LogP contribution in [0.15, 0.2) is 77.7 Å². The van der Waals surface area contributed by atoms with Gasteiger partial charge in [0, 0.05) is 16.3 Å². The van der Waals surface area contributed by atoms with Crippen LogP contribution in [0.5, 0.6) is 5.75 Å². The zero-order chi connectivity index (χ0) is 22.3. The van der Waals surface area contributed by atoms with Gasteiger partial charge in [0.05, 0.1) is 17.4 Å². The van der Waals surface area contributed by atoms with Crippen molar-refractivity contribution in [2.75, 3.05) is 11.1 Å². The Kier molecular flexibility index (Phi) is 7.29. The third kappa shape index (κ3) is 6.32. The van der Waals surface area contributed by atoms with E-state index in [1.807, 2.05) is 12.1 Å². The largest absolute Gasteiger partial charge is 0.489 e. The smallest absolute Gasteiger partial charge is 0.239 e. The van der Waals surface area contributed by atoms with Gasteiger partial charge in [0.1, 0.15) is 18.1 Å². The monoisotopic (exact) mass is 454 g/mol. The first kappa shape index (κ1) is 22.3. The molecule has 0 saturated carbocycles. The Morgan fingerprint density at radius 1 is 1.00 bits per heavy atom. The molecule has 0 fully saturated rings. The normalized spacial score (nSPS) is 10.8. The quantitative estimate of drug-likeness (QED) is 0.544. The molecular formula is C23H19ClN2O4S. The van der Waals surface area contributed by atoms with Gasteiger partial charge in [-0.3, -0.25) is 4.79 Å². The summed E-state index contributed by atoms with van der Waals surface area (Å²) in [5.74, 6) is -0.721. The Morgan fingerprint density at radius 2 is 1.68 bits per heavy atom. The van der Waals surface area contributed by atoms with Crippen LogP contribution in [0.2, 0.25) is 5.02 Å². The Balaban J connectivity index is 1.65. The first-order valence-electron chi connectivity index (χ1n) is 9.32. The maximum Gasteiger partial charge on any atom is 0.239 e. The molecule has 0 heterocycles. The summed E-state index contributed by atoms with van der Waals surface area (Å²) in [5, 5.41) is 11.8. The van der Waals surface area contributed by atoms with Crippen LogP contribution >= 0.6 is 11.6 Å². The van der Waals surface area contributed by atoms with E-state index in [1.165, 1.54) is 24.3 Å². The fourth-order valence-electron chi connectivity index (χ4n) is 2.81. The highest BCUT2D eigenvalue weighted by Gasteiger charge is 2.20. The molecule has 0 bridgehead atoms. The summed E-state index contributed by atoms with van der Waals surface area (Å²) < 4.78 is 30.7. The number of rotatable bonds is 8. The standard InChI is InChI=1S/C23H19ClN2O4S/c24-19-7-11-21(12-8-19)31(28,29)16-23(27)26-22-4-2-1-3-18(22)15-30-20-9-5-17(6-10-20)13-14-25/h1-12H,13,15-16H2,(H,26,27). The molecule has 0 aliphatic rings. The number of halogens is 1. The molecule has 31 heavy (non-hydrogen) atoms. The fourth-order valence-corrected chi connectivity index (χ4v) is 4.07. The number of hydrogen-bond donors (Lipinski definition) is 1. The van der Waals surface area contributed by atoms with Crippen molar-refractivity contribution in [3.05, 3.63) is 88.9 Å². The van der Waals surface area contributed by atoms with Crippen molar-refractivity contribution >= 4 is 33.0 Å². The molecule has 3 aromatic carbocycles. The van der Waals surface area contributed by atoms with E-state index in [-0.39, 0.29) is 11.5 Å². The van der Waals surface area contributed by atoms with Gasteiger partial charge < -0.3 is 10.1 Å². The van der Waals surface area contributed by atoms with Crippen molar-refractivity contribution < 1.29 is 17.9 Å². The molecule has 0 radical (unpaired) electrons. The molecular weight excluding hydrogens is 436 g/mol. The summed E-state index contributed by atoms with van der Waals surface area (Å²) in [4.78, 5) is 12.4. The van der Waals surface area contributed by atoms with Crippen molar-refractivity contribution in [3.8, 4) is 11.8 Å². The lowest BCUT2D eigenvalue weighted by molar-refractivity contribution is -0.113. The van der Waals surface area contributed by atoms with Gasteiger partial charge in [0.2, 0.25) is 5.91 Å². The molecule has 0 aliphatic heterocycles. The molecule has 1 amide bonds. The van der Waals surface area contributed by atoms with Crippen LogP contribution < -0.4 is 10.1 Å². The number of nitrogens with zero attached hydrogens (tertiary/aromatic N) is 1. The second-order valence-electron chi connectivity index (χ2n) is 6.69. The number of hydrogen-bond acceptors (Lipinski definition) is 5. The lowest BCUT2D eigenvalue weighted by Gasteiger charge is -2.13. The average Bonchev–Trinajstić information content (AvgIpc) is 2.74. The maximum absolute atomic E-state index is 12.5. The lowest BCUT2D eigenvalue weighted by atomic mass is 10.1. The SMILES string of the molecule is N#CCc1ccc(OCc2ccccc2NC(=O)CS(=O)(=O)c2ccc(Cl)cc2)cc1. The van der Waals surface area contributed by atoms with E-state index in [4.69, 9.17) is 21.6 Å². The summed E-state index contributed by atoms with van der Waals surface area (Å²) >= 11 is 5.79. The maximum atomic E-state index is 12.5. The molecule has 158 valence electrons. The summed E-state index contributed by atoms with van der Waals surface area (Å²) in [5.41, 5.74) is 2.06. The second kappa shape index (κ2) is 10.1. The van der Waals surface area contributed by atoms with Crippen LogP contribution in [-0.4, -0.2) is 20.1 Å². The highest BCUT2D eigenvalue weighted by atomic mass is 35.5. The Hall–Kier alpha value is -3.34. The van der Waals surface area contributed by atoms with Gasteiger partial charge in [-0.15, -0.1) is 0 Å². The van der Waals surface area contributed by atoms with E-state index in [1.54, 1.807) is 36.4 Å². The number of anilines is 1. The Labute approximate surface area is 186 Å². The topological polar surface area (TPSA) is 96.3 Å². The van der Waals surface area contributed by atoms with Crippen molar-refractivity contribution in [3.63, 3.8) is 0 Å². The van der Waals surface area contributed by atoms with Gasteiger partial charge in [-0.25, -0.2) is 8.42 Å². The summed E-state index contributed by atoms with van der Waals surface area (Å²) in [6, 6.07) is 21.9. The van der Waals surface area contributed by atoms with Gasteiger partial charge in [0.15, 0.2) is 9.84 Å². The van der Waals surface area contributed by atoms with E-state index in [0.717, 1.165) is 5.56 Å². The summed E-state index contributed by atoms with van der Waals surface area (Å²) in [6.45, 7) is 0.179. The number of nitrogens with one attached hydrogen (secondary N) is 1. The fraction of sp³-hybridized carbons (Fsp3) is 0.130. The molecule has 0 saturated heterocycles. The highest BCUT2D eigenvalue weighted by molar-refractivity contribution is 7.92. The molecule has 6 nitrogen and oxygen atoms in total. The van der Waals surface area contributed by atoms with Crippen molar-refractivity contribution in [2.24, 2.45) is 0 Å². The van der Waals surface area contributed by atoms with E-state index >= 15 is 0 Å². The minimum absolute atomic E-state index is 0.0310. The minimum atomic E-state index is -3.80. The molecule has 0 unspecified atom stereocenters. The van der Waals surface area contributed by atoms with Crippen LogP contribution in [0, 0.1) is 11.3 Å². The van der Waals surface area contributed by atoms with Gasteiger partial charge in [0.25, 0.3) is 0 Å². The molecule has 1 N–H and O–H groups in total. The molecule has 0 aromatic heterocycles. The summed E-state index contributed by atoms with van der Waals surface area (Å²) in [7, 11) is -3.80. The third-order valence-electron chi connectivity index (χ3n) is 4.39. The molecule has 8 heteroatoms. The van der Waals surface area contributed by atoms with Crippen LogP contribution in [0.1, 0.15) is 11.1 Å². The van der Waals surface area contributed by atoms with Crippen LogP contribution in [0.3, 0.4) is 0 Å². The predicted molar refractivity (Wildman–Crippen MR) is 119 cm³/mol. The zero-order valence-corrected chi connectivity index (χ0v) is 18.0. The summed E-state index contributed by atoms with van der Waals surface area (Å²) in [6.07, 6.45) is 0.327. The number of benzene rings is 3. The van der Waals surface area contributed by atoms with E-state index < -0.39 is 21.5 Å². The number of sulfone groups is 1.